The number of imide groups is 1. The van der Waals surface area contributed by atoms with E-state index in [1.54, 1.807) is 18.2 Å². The summed E-state index contributed by atoms with van der Waals surface area (Å²) in [6, 6.07) is 6.56. The van der Waals surface area contributed by atoms with Crippen molar-refractivity contribution in [2.24, 2.45) is 0 Å². The first-order chi connectivity index (χ1) is 14.8. The number of urea groups is 1. The van der Waals surface area contributed by atoms with E-state index in [1.807, 2.05) is 0 Å². The van der Waals surface area contributed by atoms with Crippen molar-refractivity contribution in [3.05, 3.63) is 53.6 Å². The fourth-order valence-corrected chi connectivity index (χ4v) is 3.49. The maximum Gasteiger partial charge on any atom is 0.325 e. The molecular formula is C21H19F2N3O5. The van der Waals surface area contributed by atoms with Crippen LogP contribution in [0.25, 0.3) is 0 Å². The zero-order valence-corrected chi connectivity index (χ0v) is 16.5. The molecule has 0 bridgehead atoms. The lowest BCUT2D eigenvalue weighted by atomic mass is 9.91. The van der Waals surface area contributed by atoms with Gasteiger partial charge in [-0.2, -0.15) is 0 Å². The van der Waals surface area contributed by atoms with Crippen molar-refractivity contribution in [3.63, 3.8) is 0 Å². The fourth-order valence-electron chi connectivity index (χ4n) is 3.49. The van der Waals surface area contributed by atoms with Gasteiger partial charge in [-0.05, 0) is 37.3 Å². The molecule has 4 rings (SSSR count). The van der Waals surface area contributed by atoms with Gasteiger partial charge in [0.25, 0.3) is 5.91 Å². The molecular weight excluding hydrogens is 412 g/mol. The lowest BCUT2D eigenvalue weighted by molar-refractivity contribution is -0.133. The zero-order valence-electron chi connectivity index (χ0n) is 16.5. The van der Waals surface area contributed by atoms with E-state index < -0.39 is 41.6 Å². The molecule has 1 atom stereocenters. The maximum atomic E-state index is 14.2. The molecule has 0 saturated carbocycles. The van der Waals surface area contributed by atoms with Gasteiger partial charge in [0.1, 0.15) is 23.7 Å². The molecule has 1 fully saturated rings. The molecule has 2 aliphatic rings. The third-order valence-corrected chi connectivity index (χ3v) is 5.08. The molecule has 2 aliphatic heterocycles. The van der Waals surface area contributed by atoms with Crippen LogP contribution >= 0.6 is 0 Å². The molecule has 4 amide bonds. The number of carbonyl (C=O) groups is 3. The highest BCUT2D eigenvalue weighted by Crippen LogP contribution is 2.33. The van der Waals surface area contributed by atoms with Crippen molar-refractivity contribution in [3.8, 4) is 11.5 Å². The van der Waals surface area contributed by atoms with Gasteiger partial charge in [0.15, 0.2) is 11.5 Å². The van der Waals surface area contributed by atoms with Gasteiger partial charge in [0.05, 0.1) is 13.2 Å². The Kier molecular flexibility index (Phi) is 5.22. The van der Waals surface area contributed by atoms with Crippen LogP contribution in [0.5, 0.6) is 11.5 Å². The number of rotatable bonds is 4. The molecule has 162 valence electrons. The van der Waals surface area contributed by atoms with Crippen molar-refractivity contribution < 1.29 is 32.6 Å². The SMILES string of the molecule is CC1(c2cc(F)ccc2F)NC(=O)N(CC(=O)Nc2ccc3c(c2)OCCCO3)C1=O. The predicted octanol–water partition coefficient (Wildman–Crippen LogP) is 2.53. The van der Waals surface area contributed by atoms with Crippen LogP contribution in [0.3, 0.4) is 0 Å². The van der Waals surface area contributed by atoms with Crippen LogP contribution in [0.15, 0.2) is 36.4 Å². The summed E-state index contributed by atoms with van der Waals surface area (Å²) >= 11 is 0. The van der Waals surface area contributed by atoms with E-state index in [0.29, 0.717) is 35.3 Å². The Morgan fingerprint density at radius 2 is 1.87 bits per heavy atom. The summed E-state index contributed by atoms with van der Waals surface area (Å²) < 4.78 is 38.9. The number of nitrogens with one attached hydrogen (secondary N) is 2. The predicted molar refractivity (Wildman–Crippen MR) is 105 cm³/mol. The van der Waals surface area contributed by atoms with Gasteiger partial charge in [-0.15, -0.1) is 0 Å². The number of hydrogen-bond donors (Lipinski definition) is 2. The fraction of sp³-hybridized carbons (Fsp3) is 0.286. The molecule has 10 heteroatoms. The number of hydrogen-bond acceptors (Lipinski definition) is 5. The number of fused-ring (bicyclic) bond motifs is 1. The minimum absolute atomic E-state index is 0.323. The lowest BCUT2D eigenvalue weighted by Crippen LogP contribution is -2.42. The van der Waals surface area contributed by atoms with E-state index in [-0.39, 0.29) is 5.56 Å². The van der Waals surface area contributed by atoms with E-state index in [9.17, 15) is 23.2 Å². The highest BCUT2D eigenvalue weighted by molar-refractivity contribution is 6.10. The minimum Gasteiger partial charge on any atom is -0.490 e. The second kappa shape index (κ2) is 7.86. The summed E-state index contributed by atoms with van der Waals surface area (Å²) in [7, 11) is 0. The normalized spacial score (nSPS) is 20.3. The Morgan fingerprint density at radius 1 is 1.13 bits per heavy atom. The van der Waals surface area contributed by atoms with Gasteiger partial charge >= 0.3 is 6.03 Å². The molecule has 2 aromatic carbocycles. The minimum atomic E-state index is -1.83. The van der Waals surface area contributed by atoms with Crippen LogP contribution < -0.4 is 20.1 Å². The zero-order chi connectivity index (χ0) is 22.2. The van der Waals surface area contributed by atoms with Gasteiger partial charge in [-0.25, -0.2) is 13.6 Å². The first-order valence-electron chi connectivity index (χ1n) is 9.57. The van der Waals surface area contributed by atoms with Crippen LogP contribution in [0.2, 0.25) is 0 Å². The average molecular weight is 431 g/mol. The average Bonchev–Trinajstić information content (AvgIpc) is 2.89. The van der Waals surface area contributed by atoms with Crippen LogP contribution in [-0.4, -0.2) is 42.5 Å². The molecule has 8 nitrogen and oxygen atoms in total. The molecule has 2 heterocycles. The standard InChI is InChI=1S/C21H19F2N3O5/c1-21(14-9-12(22)3-5-15(14)23)19(28)26(20(29)25-21)11-18(27)24-13-4-6-16-17(10-13)31-8-2-7-30-16/h3-6,9-10H,2,7-8,11H2,1H3,(H,24,27)(H,25,29). The van der Waals surface area contributed by atoms with E-state index in [0.717, 1.165) is 24.6 Å². The largest absolute Gasteiger partial charge is 0.490 e. The number of ether oxygens (including phenoxy) is 2. The molecule has 0 aliphatic carbocycles. The maximum absolute atomic E-state index is 14.2. The second-order valence-electron chi connectivity index (χ2n) is 7.33. The van der Waals surface area contributed by atoms with Gasteiger partial charge in [-0.1, -0.05) is 0 Å². The van der Waals surface area contributed by atoms with Gasteiger partial charge in [0, 0.05) is 23.7 Å². The first-order valence-corrected chi connectivity index (χ1v) is 9.57. The third-order valence-electron chi connectivity index (χ3n) is 5.08. The molecule has 0 spiro atoms. The molecule has 0 aromatic heterocycles. The van der Waals surface area contributed by atoms with Gasteiger partial charge < -0.3 is 20.1 Å². The van der Waals surface area contributed by atoms with Gasteiger partial charge in [0.2, 0.25) is 5.91 Å². The van der Waals surface area contributed by atoms with Crippen molar-refractivity contribution in [1.29, 1.82) is 0 Å². The highest BCUT2D eigenvalue weighted by atomic mass is 19.1. The first kappa shape index (κ1) is 20.6. The Labute approximate surface area is 176 Å². The molecule has 0 radical (unpaired) electrons. The number of halogens is 2. The van der Waals surface area contributed by atoms with Crippen LogP contribution in [0, 0.1) is 11.6 Å². The van der Waals surface area contributed by atoms with E-state index in [4.69, 9.17) is 9.47 Å². The summed E-state index contributed by atoms with van der Waals surface area (Å²) in [6.45, 7) is 1.65. The van der Waals surface area contributed by atoms with Crippen molar-refractivity contribution in [2.45, 2.75) is 18.9 Å². The molecule has 2 N–H and O–H groups in total. The highest BCUT2D eigenvalue weighted by Gasteiger charge is 2.50. The Balaban J connectivity index is 1.49. The van der Waals surface area contributed by atoms with Crippen LogP contribution in [0.1, 0.15) is 18.9 Å². The Morgan fingerprint density at radius 3 is 2.65 bits per heavy atom. The van der Waals surface area contributed by atoms with Crippen molar-refractivity contribution >= 4 is 23.5 Å². The van der Waals surface area contributed by atoms with Crippen LogP contribution in [-0.2, 0) is 15.1 Å². The van der Waals surface area contributed by atoms with Crippen molar-refractivity contribution in [2.75, 3.05) is 25.1 Å². The van der Waals surface area contributed by atoms with Gasteiger partial charge in [-0.3, -0.25) is 14.5 Å². The number of benzene rings is 2. The number of carbonyl (C=O) groups excluding carboxylic acids is 3. The molecule has 1 saturated heterocycles. The Bertz CT molecular complexity index is 1080. The molecule has 1 unspecified atom stereocenters. The monoisotopic (exact) mass is 431 g/mol. The van der Waals surface area contributed by atoms with E-state index in [2.05, 4.69) is 10.6 Å². The lowest BCUT2D eigenvalue weighted by Gasteiger charge is -2.22. The summed E-state index contributed by atoms with van der Waals surface area (Å²) in [4.78, 5) is 38.3. The number of amides is 4. The summed E-state index contributed by atoms with van der Waals surface area (Å²) in [5, 5.41) is 4.93. The summed E-state index contributed by atoms with van der Waals surface area (Å²) in [5.74, 6) is -2.10. The summed E-state index contributed by atoms with van der Waals surface area (Å²) in [5.41, 5.74) is -1.77. The third kappa shape index (κ3) is 3.88. The second-order valence-corrected chi connectivity index (χ2v) is 7.33. The quantitative estimate of drug-likeness (QED) is 0.726. The van der Waals surface area contributed by atoms with Crippen LogP contribution in [0.4, 0.5) is 19.3 Å². The molecule has 31 heavy (non-hydrogen) atoms. The number of nitrogens with zero attached hydrogens (tertiary/aromatic N) is 1. The van der Waals surface area contributed by atoms with Crippen molar-refractivity contribution in [1.82, 2.24) is 10.2 Å². The Hall–Kier alpha value is -3.69. The van der Waals surface area contributed by atoms with E-state index >= 15 is 0 Å². The van der Waals surface area contributed by atoms with E-state index in [1.165, 1.54) is 6.92 Å². The smallest absolute Gasteiger partial charge is 0.325 e. The topological polar surface area (TPSA) is 97.0 Å². The number of anilines is 1. The summed E-state index contributed by atoms with van der Waals surface area (Å²) in [6.07, 6.45) is 0.729. The molecule has 2 aromatic rings.